The van der Waals surface area contributed by atoms with Crippen LogP contribution in [-0.4, -0.2) is 36.6 Å². The van der Waals surface area contributed by atoms with E-state index in [4.69, 9.17) is 0 Å². The van der Waals surface area contributed by atoms with Crippen molar-refractivity contribution in [3.8, 4) is 0 Å². The first kappa shape index (κ1) is 15.3. The Labute approximate surface area is 120 Å². The van der Waals surface area contributed by atoms with Crippen LogP contribution < -0.4 is 5.32 Å². The predicted molar refractivity (Wildman–Crippen MR) is 83.4 cm³/mol. The first-order valence-corrected chi connectivity index (χ1v) is 8.27. The van der Waals surface area contributed by atoms with Crippen molar-refractivity contribution in [3.63, 3.8) is 0 Å². The summed E-state index contributed by atoms with van der Waals surface area (Å²) in [5, 5.41) is 3.76. The molecule has 2 nitrogen and oxygen atoms in total. The lowest BCUT2D eigenvalue weighted by atomic mass is 10.0. The van der Waals surface area contributed by atoms with Crippen LogP contribution in [-0.2, 0) is 0 Å². The van der Waals surface area contributed by atoms with Crippen molar-refractivity contribution in [2.45, 2.75) is 72.9 Å². The molecule has 1 N–H and O–H groups in total. The molecule has 1 saturated heterocycles. The SMILES string of the molecule is CCC1CCN(CC2C(C)(C)C2(C)C)CCC(C)N1. The zero-order chi connectivity index (χ0) is 14.3. The van der Waals surface area contributed by atoms with Gasteiger partial charge in [0.1, 0.15) is 0 Å². The van der Waals surface area contributed by atoms with Crippen LogP contribution in [0.1, 0.15) is 60.8 Å². The van der Waals surface area contributed by atoms with Gasteiger partial charge >= 0.3 is 0 Å². The second kappa shape index (κ2) is 5.37. The van der Waals surface area contributed by atoms with Gasteiger partial charge in [0.05, 0.1) is 0 Å². The van der Waals surface area contributed by atoms with E-state index in [0.29, 0.717) is 16.9 Å². The summed E-state index contributed by atoms with van der Waals surface area (Å²) in [6.07, 6.45) is 3.87. The molecule has 1 heterocycles. The van der Waals surface area contributed by atoms with Crippen molar-refractivity contribution >= 4 is 0 Å². The second-order valence-electron chi connectivity index (χ2n) is 8.05. The van der Waals surface area contributed by atoms with Gasteiger partial charge in [-0.15, -0.1) is 0 Å². The van der Waals surface area contributed by atoms with Crippen molar-refractivity contribution in [3.05, 3.63) is 0 Å². The van der Waals surface area contributed by atoms with Crippen LogP contribution in [0.15, 0.2) is 0 Å². The maximum absolute atomic E-state index is 3.76. The standard InChI is InChI=1S/C17H34N2/c1-7-14-9-11-19(10-8-13(2)18-14)12-15-16(3,4)17(15,5)6/h13-15,18H,7-12H2,1-6H3. The van der Waals surface area contributed by atoms with Crippen LogP contribution in [0.2, 0.25) is 0 Å². The molecule has 2 unspecified atom stereocenters. The molecule has 1 aliphatic carbocycles. The van der Waals surface area contributed by atoms with E-state index in [2.05, 4.69) is 51.8 Å². The topological polar surface area (TPSA) is 15.3 Å². The molecule has 2 atom stereocenters. The third kappa shape index (κ3) is 3.00. The van der Waals surface area contributed by atoms with Crippen LogP contribution in [0.5, 0.6) is 0 Å². The summed E-state index contributed by atoms with van der Waals surface area (Å²) in [5.41, 5.74) is 1.06. The van der Waals surface area contributed by atoms with Gasteiger partial charge in [0, 0.05) is 18.6 Å². The highest BCUT2D eigenvalue weighted by atomic mass is 15.2. The molecule has 0 radical (unpaired) electrons. The van der Waals surface area contributed by atoms with E-state index < -0.39 is 0 Å². The molecule has 2 heteroatoms. The summed E-state index contributed by atoms with van der Waals surface area (Å²) in [6, 6.07) is 1.39. The Hall–Kier alpha value is -0.0800. The van der Waals surface area contributed by atoms with Crippen LogP contribution in [0.3, 0.4) is 0 Å². The number of hydrogen-bond donors (Lipinski definition) is 1. The summed E-state index contributed by atoms with van der Waals surface area (Å²) in [6.45, 7) is 18.3. The van der Waals surface area contributed by atoms with Gasteiger partial charge in [-0.05, 0) is 56.0 Å². The van der Waals surface area contributed by atoms with Crippen LogP contribution >= 0.6 is 0 Å². The van der Waals surface area contributed by atoms with Gasteiger partial charge in [-0.1, -0.05) is 34.6 Å². The van der Waals surface area contributed by atoms with E-state index >= 15 is 0 Å². The third-order valence-corrected chi connectivity index (χ3v) is 6.45. The van der Waals surface area contributed by atoms with E-state index in [1.165, 1.54) is 38.9 Å². The van der Waals surface area contributed by atoms with Crippen LogP contribution in [0.4, 0.5) is 0 Å². The lowest BCUT2D eigenvalue weighted by Gasteiger charge is -2.32. The van der Waals surface area contributed by atoms with Gasteiger partial charge < -0.3 is 10.2 Å². The Kier molecular flexibility index (Phi) is 4.32. The molecule has 2 rings (SSSR count). The minimum atomic E-state index is 0.531. The first-order valence-electron chi connectivity index (χ1n) is 8.27. The Balaban J connectivity index is 1.90. The molecule has 0 amide bonds. The molecular formula is C17H34N2. The predicted octanol–water partition coefficient (Wildman–Crippen LogP) is 3.52. The van der Waals surface area contributed by atoms with Crippen molar-refractivity contribution in [1.29, 1.82) is 0 Å². The molecule has 2 fully saturated rings. The minimum absolute atomic E-state index is 0.531. The molecule has 1 saturated carbocycles. The van der Waals surface area contributed by atoms with Gasteiger partial charge in [0.15, 0.2) is 0 Å². The monoisotopic (exact) mass is 266 g/mol. The van der Waals surface area contributed by atoms with E-state index in [1.807, 2.05) is 0 Å². The quantitative estimate of drug-likeness (QED) is 0.841. The van der Waals surface area contributed by atoms with Crippen LogP contribution in [0, 0.1) is 16.7 Å². The van der Waals surface area contributed by atoms with E-state index in [1.54, 1.807) is 0 Å². The molecule has 2 aliphatic rings. The highest BCUT2D eigenvalue weighted by molar-refractivity contribution is 5.13. The fourth-order valence-corrected chi connectivity index (χ4v) is 3.95. The lowest BCUT2D eigenvalue weighted by molar-refractivity contribution is 0.196. The van der Waals surface area contributed by atoms with Gasteiger partial charge in [-0.2, -0.15) is 0 Å². The molecule has 0 aromatic carbocycles. The van der Waals surface area contributed by atoms with Crippen molar-refractivity contribution < 1.29 is 0 Å². The fourth-order valence-electron chi connectivity index (χ4n) is 3.95. The molecule has 0 spiro atoms. The molecular weight excluding hydrogens is 232 g/mol. The summed E-state index contributed by atoms with van der Waals surface area (Å²) in [5.74, 6) is 0.878. The molecule has 112 valence electrons. The fraction of sp³-hybridized carbons (Fsp3) is 1.00. The van der Waals surface area contributed by atoms with Gasteiger partial charge in [0.25, 0.3) is 0 Å². The maximum Gasteiger partial charge on any atom is 0.00790 e. The van der Waals surface area contributed by atoms with Gasteiger partial charge in [-0.3, -0.25) is 0 Å². The Morgan fingerprint density at radius 2 is 1.63 bits per heavy atom. The molecule has 1 aliphatic heterocycles. The molecule has 19 heavy (non-hydrogen) atoms. The zero-order valence-electron chi connectivity index (χ0n) is 13.9. The zero-order valence-corrected chi connectivity index (χ0v) is 13.9. The third-order valence-electron chi connectivity index (χ3n) is 6.45. The summed E-state index contributed by atoms with van der Waals surface area (Å²) in [7, 11) is 0. The van der Waals surface area contributed by atoms with Gasteiger partial charge in [-0.25, -0.2) is 0 Å². The first-order chi connectivity index (χ1) is 8.79. The van der Waals surface area contributed by atoms with Crippen molar-refractivity contribution in [2.75, 3.05) is 19.6 Å². The number of hydrogen-bond acceptors (Lipinski definition) is 2. The Morgan fingerprint density at radius 1 is 1.05 bits per heavy atom. The second-order valence-corrected chi connectivity index (χ2v) is 8.05. The highest BCUT2D eigenvalue weighted by Gasteiger charge is 2.64. The van der Waals surface area contributed by atoms with E-state index in [0.717, 1.165) is 12.0 Å². The van der Waals surface area contributed by atoms with Crippen molar-refractivity contribution in [1.82, 2.24) is 10.2 Å². The number of rotatable bonds is 3. The van der Waals surface area contributed by atoms with Gasteiger partial charge in [0.2, 0.25) is 0 Å². The average Bonchev–Trinajstić information content (AvgIpc) is 2.69. The summed E-state index contributed by atoms with van der Waals surface area (Å²) < 4.78 is 0. The lowest BCUT2D eigenvalue weighted by Crippen LogP contribution is -2.44. The maximum atomic E-state index is 3.76. The largest absolute Gasteiger partial charge is 0.311 e. The molecule has 0 aromatic heterocycles. The Morgan fingerprint density at radius 3 is 2.16 bits per heavy atom. The normalized spacial score (nSPS) is 35.7. The summed E-state index contributed by atoms with van der Waals surface area (Å²) in [4.78, 5) is 2.74. The molecule has 0 bridgehead atoms. The molecule has 0 aromatic rings. The number of nitrogens with one attached hydrogen (secondary N) is 1. The van der Waals surface area contributed by atoms with E-state index in [9.17, 15) is 0 Å². The highest BCUT2D eigenvalue weighted by Crippen LogP contribution is 2.68. The van der Waals surface area contributed by atoms with E-state index in [-0.39, 0.29) is 0 Å². The Bertz CT molecular complexity index is 294. The summed E-state index contributed by atoms with van der Waals surface area (Å²) >= 11 is 0. The smallest absolute Gasteiger partial charge is 0.00790 e. The minimum Gasteiger partial charge on any atom is -0.311 e. The average molecular weight is 266 g/mol. The number of nitrogens with zero attached hydrogens (tertiary/aromatic N) is 1. The van der Waals surface area contributed by atoms with Crippen LogP contribution in [0.25, 0.3) is 0 Å². The van der Waals surface area contributed by atoms with Crippen molar-refractivity contribution in [2.24, 2.45) is 16.7 Å².